The Morgan fingerprint density at radius 3 is 2.65 bits per heavy atom. The highest BCUT2D eigenvalue weighted by Gasteiger charge is 2.21. The second-order valence-electron chi connectivity index (χ2n) is 5.73. The Hall–Kier alpha value is -1.76. The highest BCUT2D eigenvalue weighted by Crippen LogP contribution is 2.33. The van der Waals surface area contributed by atoms with E-state index in [0.717, 1.165) is 0 Å². The van der Waals surface area contributed by atoms with Gasteiger partial charge in [-0.25, -0.2) is 0 Å². The SMILES string of the molecule is CCCCc1ccc(NC2CCc3ccccc32)cc1. The summed E-state index contributed by atoms with van der Waals surface area (Å²) in [6.07, 6.45) is 6.14. The van der Waals surface area contributed by atoms with Crippen molar-refractivity contribution < 1.29 is 0 Å². The fourth-order valence-electron chi connectivity index (χ4n) is 3.06. The van der Waals surface area contributed by atoms with E-state index in [1.165, 1.54) is 54.5 Å². The van der Waals surface area contributed by atoms with Crippen LogP contribution in [0.3, 0.4) is 0 Å². The van der Waals surface area contributed by atoms with E-state index in [1.54, 1.807) is 0 Å². The number of anilines is 1. The van der Waals surface area contributed by atoms with Crippen LogP contribution in [0.1, 0.15) is 48.9 Å². The van der Waals surface area contributed by atoms with Gasteiger partial charge in [-0.15, -0.1) is 0 Å². The fourth-order valence-corrected chi connectivity index (χ4v) is 3.06. The van der Waals surface area contributed by atoms with Crippen LogP contribution < -0.4 is 5.32 Å². The maximum Gasteiger partial charge on any atom is 0.0519 e. The zero-order valence-corrected chi connectivity index (χ0v) is 12.2. The Morgan fingerprint density at radius 2 is 1.85 bits per heavy atom. The van der Waals surface area contributed by atoms with Gasteiger partial charge in [-0.2, -0.15) is 0 Å². The predicted octanol–water partition coefficient (Wildman–Crippen LogP) is 5.13. The Kier molecular flexibility index (Phi) is 4.05. The molecule has 1 aliphatic rings. The van der Waals surface area contributed by atoms with Crippen LogP contribution in [0.2, 0.25) is 0 Å². The average Bonchev–Trinajstić information content (AvgIpc) is 2.90. The highest BCUT2D eigenvalue weighted by molar-refractivity contribution is 5.49. The third-order valence-electron chi connectivity index (χ3n) is 4.25. The minimum atomic E-state index is 0.479. The van der Waals surface area contributed by atoms with Gasteiger partial charge in [0.1, 0.15) is 0 Å². The third kappa shape index (κ3) is 2.87. The van der Waals surface area contributed by atoms with E-state index in [1.807, 2.05) is 0 Å². The van der Waals surface area contributed by atoms with Gasteiger partial charge in [0.2, 0.25) is 0 Å². The molecule has 2 aromatic carbocycles. The molecule has 0 heterocycles. The van der Waals surface area contributed by atoms with Crippen molar-refractivity contribution in [1.29, 1.82) is 0 Å². The van der Waals surface area contributed by atoms with Crippen molar-refractivity contribution in [3.8, 4) is 0 Å². The molecular weight excluding hydrogens is 242 g/mol. The van der Waals surface area contributed by atoms with Crippen molar-refractivity contribution in [2.45, 2.75) is 45.1 Å². The molecule has 1 unspecified atom stereocenters. The van der Waals surface area contributed by atoms with Crippen molar-refractivity contribution in [2.75, 3.05) is 5.32 Å². The van der Waals surface area contributed by atoms with Crippen LogP contribution in [0.15, 0.2) is 48.5 Å². The van der Waals surface area contributed by atoms with Gasteiger partial charge in [0.05, 0.1) is 6.04 Å². The van der Waals surface area contributed by atoms with E-state index >= 15 is 0 Å². The number of unbranched alkanes of at least 4 members (excludes halogenated alkanes) is 1. The summed E-state index contributed by atoms with van der Waals surface area (Å²) in [6, 6.07) is 18.3. The first-order valence-corrected chi connectivity index (χ1v) is 7.80. The third-order valence-corrected chi connectivity index (χ3v) is 4.25. The zero-order chi connectivity index (χ0) is 13.8. The van der Waals surface area contributed by atoms with Gasteiger partial charge in [0, 0.05) is 5.69 Å². The number of nitrogens with one attached hydrogen (secondary N) is 1. The molecule has 1 N–H and O–H groups in total. The van der Waals surface area contributed by atoms with Crippen LogP contribution >= 0.6 is 0 Å². The summed E-state index contributed by atoms with van der Waals surface area (Å²) in [6.45, 7) is 2.24. The molecule has 2 aromatic rings. The molecule has 20 heavy (non-hydrogen) atoms. The maximum atomic E-state index is 3.68. The molecule has 0 bridgehead atoms. The van der Waals surface area contributed by atoms with Crippen LogP contribution in [-0.4, -0.2) is 0 Å². The monoisotopic (exact) mass is 265 g/mol. The van der Waals surface area contributed by atoms with Crippen LogP contribution in [0.4, 0.5) is 5.69 Å². The Bertz CT molecular complexity index is 556. The molecule has 0 saturated heterocycles. The summed E-state index contributed by atoms with van der Waals surface area (Å²) in [7, 11) is 0. The molecule has 1 nitrogen and oxygen atoms in total. The summed E-state index contributed by atoms with van der Waals surface area (Å²) < 4.78 is 0. The highest BCUT2D eigenvalue weighted by atomic mass is 14.9. The lowest BCUT2D eigenvalue weighted by Gasteiger charge is -2.16. The molecule has 0 aromatic heterocycles. The summed E-state index contributed by atoms with van der Waals surface area (Å²) in [5.74, 6) is 0. The minimum absolute atomic E-state index is 0.479. The van der Waals surface area contributed by atoms with E-state index in [-0.39, 0.29) is 0 Å². The van der Waals surface area contributed by atoms with E-state index in [4.69, 9.17) is 0 Å². The second kappa shape index (κ2) is 6.13. The average molecular weight is 265 g/mol. The molecule has 0 spiro atoms. The molecule has 1 atom stereocenters. The molecule has 0 saturated carbocycles. The summed E-state index contributed by atoms with van der Waals surface area (Å²) in [5.41, 5.74) is 5.67. The first-order chi connectivity index (χ1) is 9.86. The second-order valence-corrected chi connectivity index (χ2v) is 5.73. The number of aryl methyl sites for hydroxylation is 2. The minimum Gasteiger partial charge on any atom is -0.378 e. The first kappa shape index (κ1) is 13.2. The van der Waals surface area contributed by atoms with Gasteiger partial charge in [0.25, 0.3) is 0 Å². The van der Waals surface area contributed by atoms with Gasteiger partial charge >= 0.3 is 0 Å². The molecule has 1 heteroatoms. The summed E-state index contributed by atoms with van der Waals surface area (Å²) >= 11 is 0. The lowest BCUT2D eigenvalue weighted by atomic mass is 10.1. The van der Waals surface area contributed by atoms with Gasteiger partial charge in [-0.05, 0) is 54.5 Å². The van der Waals surface area contributed by atoms with Crippen LogP contribution in [0.25, 0.3) is 0 Å². The lowest BCUT2D eigenvalue weighted by Crippen LogP contribution is -2.06. The maximum absolute atomic E-state index is 3.68. The fraction of sp³-hybridized carbons (Fsp3) is 0.368. The standard InChI is InChI=1S/C19H23N/c1-2-3-6-15-9-12-17(13-10-15)20-19-14-11-16-7-4-5-8-18(16)19/h4-5,7-10,12-13,19-20H,2-3,6,11,14H2,1H3. The van der Waals surface area contributed by atoms with Crippen LogP contribution in [0.5, 0.6) is 0 Å². The van der Waals surface area contributed by atoms with Crippen LogP contribution in [0, 0.1) is 0 Å². The molecule has 0 aliphatic heterocycles. The van der Waals surface area contributed by atoms with Crippen molar-refractivity contribution in [1.82, 2.24) is 0 Å². The first-order valence-electron chi connectivity index (χ1n) is 7.80. The summed E-state index contributed by atoms with van der Waals surface area (Å²) in [5, 5.41) is 3.68. The molecule has 104 valence electrons. The Labute approximate surface area is 122 Å². The summed E-state index contributed by atoms with van der Waals surface area (Å²) in [4.78, 5) is 0. The number of benzene rings is 2. The topological polar surface area (TPSA) is 12.0 Å². The van der Waals surface area contributed by atoms with Crippen molar-refractivity contribution in [3.63, 3.8) is 0 Å². The quantitative estimate of drug-likeness (QED) is 0.790. The Morgan fingerprint density at radius 1 is 1.05 bits per heavy atom. The largest absolute Gasteiger partial charge is 0.378 e. The van der Waals surface area contributed by atoms with Crippen molar-refractivity contribution >= 4 is 5.69 Å². The molecule has 0 amide bonds. The van der Waals surface area contributed by atoms with Crippen molar-refractivity contribution in [3.05, 3.63) is 65.2 Å². The van der Waals surface area contributed by atoms with Gasteiger partial charge in [0.15, 0.2) is 0 Å². The smallest absolute Gasteiger partial charge is 0.0519 e. The molecule has 1 aliphatic carbocycles. The molecule has 0 radical (unpaired) electrons. The number of hydrogen-bond donors (Lipinski definition) is 1. The Balaban J connectivity index is 1.67. The van der Waals surface area contributed by atoms with E-state index < -0.39 is 0 Å². The van der Waals surface area contributed by atoms with Gasteiger partial charge in [-0.3, -0.25) is 0 Å². The number of fused-ring (bicyclic) bond motifs is 1. The van der Waals surface area contributed by atoms with E-state index in [2.05, 4.69) is 60.8 Å². The van der Waals surface area contributed by atoms with Gasteiger partial charge < -0.3 is 5.32 Å². The zero-order valence-electron chi connectivity index (χ0n) is 12.2. The molecule has 0 fully saturated rings. The van der Waals surface area contributed by atoms with Gasteiger partial charge in [-0.1, -0.05) is 49.7 Å². The van der Waals surface area contributed by atoms with Crippen LogP contribution in [-0.2, 0) is 12.8 Å². The molecule has 3 rings (SSSR count). The number of hydrogen-bond acceptors (Lipinski definition) is 1. The van der Waals surface area contributed by atoms with E-state index in [9.17, 15) is 0 Å². The normalized spacial score (nSPS) is 16.9. The lowest BCUT2D eigenvalue weighted by molar-refractivity contribution is 0.761. The predicted molar refractivity (Wildman–Crippen MR) is 86.2 cm³/mol. The molecular formula is C19H23N. The number of rotatable bonds is 5. The van der Waals surface area contributed by atoms with Crippen molar-refractivity contribution in [2.24, 2.45) is 0 Å². The van der Waals surface area contributed by atoms with E-state index in [0.29, 0.717) is 6.04 Å².